The second-order valence-corrected chi connectivity index (χ2v) is 9.44. The van der Waals surface area contributed by atoms with Gasteiger partial charge in [0.1, 0.15) is 5.75 Å². The van der Waals surface area contributed by atoms with Crippen molar-refractivity contribution in [2.75, 3.05) is 7.11 Å². The molecule has 0 bridgehead atoms. The van der Waals surface area contributed by atoms with Crippen molar-refractivity contribution in [2.45, 2.75) is 63.9 Å². The summed E-state index contributed by atoms with van der Waals surface area (Å²) in [5, 5.41) is 5.21. The summed E-state index contributed by atoms with van der Waals surface area (Å²) in [4.78, 5) is 0. The number of hydrogen-bond acceptors (Lipinski definition) is 4. The molecule has 0 heterocycles. The fourth-order valence-corrected chi connectivity index (χ4v) is 7.03. The summed E-state index contributed by atoms with van der Waals surface area (Å²) in [5.74, 6) is 2.64. The van der Waals surface area contributed by atoms with Crippen LogP contribution in [0.25, 0.3) is 0 Å². The van der Waals surface area contributed by atoms with Crippen molar-refractivity contribution in [2.24, 2.45) is 22.4 Å². The van der Waals surface area contributed by atoms with E-state index in [4.69, 9.17) is 14.1 Å². The van der Waals surface area contributed by atoms with E-state index in [1.54, 1.807) is 7.11 Å². The van der Waals surface area contributed by atoms with E-state index in [1.165, 1.54) is 17.5 Å². The Hall–Kier alpha value is -1.11. The average Bonchev–Trinajstić information content (AvgIpc) is 2.98. The fourth-order valence-electron chi connectivity index (χ4n) is 6.42. The van der Waals surface area contributed by atoms with Crippen LogP contribution in [-0.4, -0.2) is 21.6 Å². The van der Waals surface area contributed by atoms with E-state index < -0.39 is 10.3 Å². The SMILES string of the molecule is CC[C@]12CC[C@@H]3c4ccc(OC)cc4CC[C@H]3[C@@H]1CC[C@@H]2OS(N)(=O)=O. The van der Waals surface area contributed by atoms with Gasteiger partial charge in [-0.15, -0.1) is 0 Å². The van der Waals surface area contributed by atoms with Crippen molar-refractivity contribution in [3.63, 3.8) is 0 Å². The minimum absolute atomic E-state index is 0.0441. The van der Waals surface area contributed by atoms with Crippen LogP contribution in [0, 0.1) is 17.3 Å². The summed E-state index contributed by atoms with van der Waals surface area (Å²) >= 11 is 0. The molecule has 4 rings (SSSR count). The Morgan fingerprint density at radius 1 is 1.23 bits per heavy atom. The molecule has 6 heteroatoms. The van der Waals surface area contributed by atoms with E-state index in [1.807, 2.05) is 0 Å². The molecule has 144 valence electrons. The summed E-state index contributed by atoms with van der Waals surface area (Å²) in [6.45, 7) is 2.18. The lowest BCUT2D eigenvalue weighted by molar-refractivity contribution is -0.0256. The maximum atomic E-state index is 11.6. The van der Waals surface area contributed by atoms with Crippen LogP contribution in [0.2, 0.25) is 0 Å². The van der Waals surface area contributed by atoms with Gasteiger partial charge >= 0.3 is 10.3 Å². The highest BCUT2D eigenvalue weighted by Gasteiger charge is 2.57. The Morgan fingerprint density at radius 3 is 2.73 bits per heavy atom. The number of nitrogens with two attached hydrogens (primary N) is 1. The molecule has 5 nitrogen and oxygen atoms in total. The van der Waals surface area contributed by atoms with Crippen molar-refractivity contribution < 1.29 is 17.3 Å². The van der Waals surface area contributed by atoms with Gasteiger partial charge in [-0.3, -0.25) is 4.18 Å². The van der Waals surface area contributed by atoms with Crippen LogP contribution in [0.5, 0.6) is 5.75 Å². The predicted octanol–water partition coefficient (Wildman–Crippen LogP) is 3.53. The lowest BCUT2D eigenvalue weighted by Gasteiger charge is -2.51. The monoisotopic (exact) mass is 379 g/mol. The first-order valence-corrected chi connectivity index (χ1v) is 11.2. The van der Waals surface area contributed by atoms with Crippen LogP contribution in [0.1, 0.15) is 62.5 Å². The maximum Gasteiger partial charge on any atom is 0.333 e. The lowest BCUT2D eigenvalue weighted by Crippen LogP contribution is -2.47. The molecule has 0 radical (unpaired) electrons. The molecule has 2 N–H and O–H groups in total. The number of hydrogen-bond donors (Lipinski definition) is 1. The highest BCUT2D eigenvalue weighted by Crippen LogP contribution is 2.63. The van der Waals surface area contributed by atoms with Crippen LogP contribution >= 0.6 is 0 Å². The number of benzene rings is 1. The zero-order valence-corrected chi connectivity index (χ0v) is 16.4. The number of aryl methyl sites for hydroxylation is 1. The fraction of sp³-hybridized carbons (Fsp3) is 0.700. The Bertz CT molecular complexity index is 793. The molecule has 0 saturated heterocycles. The van der Waals surface area contributed by atoms with Gasteiger partial charge in [0.25, 0.3) is 0 Å². The molecular weight excluding hydrogens is 350 g/mol. The molecule has 0 aromatic heterocycles. The summed E-state index contributed by atoms with van der Waals surface area (Å²) in [7, 11) is -2.19. The Kier molecular flexibility index (Phi) is 4.56. The van der Waals surface area contributed by atoms with Gasteiger partial charge in [0, 0.05) is 5.41 Å². The molecule has 0 spiro atoms. The molecule has 1 aromatic carbocycles. The zero-order valence-electron chi connectivity index (χ0n) is 15.6. The third-order valence-electron chi connectivity index (χ3n) is 7.48. The average molecular weight is 380 g/mol. The molecule has 3 aliphatic rings. The molecular formula is C20H29NO4S. The van der Waals surface area contributed by atoms with Crippen molar-refractivity contribution >= 4 is 10.3 Å². The molecule has 26 heavy (non-hydrogen) atoms. The number of ether oxygens (including phenoxy) is 1. The molecule has 0 amide bonds. The van der Waals surface area contributed by atoms with E-state index in [0.717, 1.165) is 44.3 Å². The van der Waals surface area contributed by atoms with Gasteiger partial charge in [0.2, 0.25) is 0 Å². The van der Waals surface area contributed by atoms with E-state index in [9.17, 15) is 8.42 Å². The van der Waals surface area contributed by atoms with Gasteiger partial charge in [0.15, 0.2) is 0 Å². The largest absolute Gasteiger partial charge is 0.497 e. The third-order valence-corrected chi connectivity index (χ3v) is 7.98. The Morgan fingerprint density at radius 2 is 2.04 bits per heavy atom. The smallest absolute Gasteiger partial charge is 0.333 e. The second kappa shape index (κ2) is 6.50. The van der Waals surface area contributed by atoms with Crippen LogP contribution in [0.4, 0.5) is 0 Å². The first-order valence-electron chi connectivity index (χ1n) is 9.76. The van der Waals surface area contributed by atoms with E-state index in [-0.39, 0.29) is 11.5 Å². The lowest BCUT2D eigenvalue weighted by atomic mass is 9.54. The molecule has 2 saturated carbocycles. The summed E-state index contributed by atoms with van der Waals surface area (Å²) < 4.78 is 33.9. The number of fused-ring (bicyclic) bond motifs is 5. The van der Waals surface area contributed by atoms with Crippen LogP contribution < -0.4 is 9.88 Å². The van der Waals surface area contributed by atoms with Crippen molar-refractivity contribution in [1.29, 1.82) is 0 Å². The molecule has 0 aliphatic heterocycles. The van der Waals surface area contributed by atoms with Gasteiger partial charge < -0.3 is 4.74 Å². The quantitative estimate of drug-likeness (QED) is 0.868. The minimum atomic E-state index is -3.91. The molecule has 1 aromatic rings. The number of methoxy groups -OCH3 is 1. The van der Waals surface area contributed by atoms with Crippen molar-refractivity contribution in [3.05, 3.63) is 29.3 Å². The van der Waals surface area contributed by atoms with E-state index in [0.29, 0.717) is 17.8 Å². The van der Waals surface area contributed by atoms with Crippen molar-refractivity contribution in [1.82, 2.24) is 0 Å². The van der Waals surface area contributed by atoms with E-state index in [2.05, 4.69) is 25.1 Å². The highest BCUT2D eigenvalue weighted by molar-refractivity contribution is 7.84. The summed E-state index contributed by atoms with van der Waals surface area (Å²) in [6.07, 6.45) is 6.89. The van der Waals surface area contributed by atoms with Gasteiger partial charge in [-0.25, -0.2) is 5.14 Å². The first-order chi connectivity index (χ1) is 12.4. The summed E-state index contributed by atoms with van der Waals surface area (Å²) in [6, 6.07) is 6.51. The maximum absolute atomic E-state index is 11.6. The molecule has 3 aliphatic carbocycles. The Labute approximate surface area is 156 Å². The van der Waals surface area contributed by atoms with Gasteiger partial charge in [-0.2, -0.15) is 8.42 Å². The topological polar surface area (TPSA) is 78.6 Å². The minimum Gasteiger partial charge on any atom is -0.497 e. The predicted molar refractivity (Wildman–Crippen MR) is 100 cm³/mol. The second-order valence-electron chi connectivity index (χ2n) is 8.26. The van der Waals surface area contributed by atoms with Gasteiger partial charge in [0.05, 0.1) is 13.2 Å². The highest BCUT2D eigenvalue weighted by atomic mass is 32.2. The van der Waals surface area contributed by atoms with Gasteiger partial charge in [-0.05, 0) is 86.0 Å². The Balaban J connectivity index is 1.64. The molecule has 0 unspecified atom stereocenters. The van der Waals surface area contributed by atoms with E-state index >= 15 is 0 Å². The third kappa shape index (κ3) is 2.86. The van der Waals surface area contributed by atoms with Crippen molar-refractivity contribution in [3.8, 4) is 5.75 Å². The molecule has 2 fully saturated rings. The summed E-state index contributed by atoms with van der Waals surface area (Å²) in [5.41, 5.74) is 2.85. The first kappa shape index (κ1) is 18.3. The van der Waals surface area contributed by atoms with Gasteiger partial charge in [-0.1, -0.05) is 13.0 Å². The standard InChI is InChI=1S/C20H29NO4S/c1-3-20-11-10-16-15-7-5-14(24-2)12-13(15)4-6-17(16)18(20)8-9-19(20)25-26(21,22)23/h5,7,12,16-19H,3-4,6,8-11H2,1-2H3,(H2,21,22,23)/t16-,17-,18+,19+,20+/m1/s1. The van der Waals surface area contributed by atoms with Crippen LogP contribution in [0.15, 0.2) is 18.2 Å². The normalized spacial score (nSPS) is 36.1. The zero-order chi connectivity index (χ0) is 18.5. The number of rotatable bonds is 4. The van der Waals surface area contributed by atoms with Crippen LogP contribution in [-0.2, 0) is 20.9 Å². The van der Waals surface area contributed by atoms with Crippen LogP contribution in [0.3, 0.4) is 0 Å². The molecule has 5 atom stereocenters.